The van der Waals surface area contributed by atoms with Gasteiger partial charge in [0.15, 0.2) is 5.84 Å². The molecule has 0 radical (unpaired) electrons. The molecule has 1 aromatic carbocycles. The standard InChI is InChI=1S/C14H17FN4O2/c1-3-19-7-14(2,18-11(16)13(19)21)9-6-8(12(17)20)4-5-10(9)15/h4-6H,3,7H2,1-2H3,(H2,16,18)(H2,17,20). The van der Waals surface area contributed by atoms with E-state index in [-0.39, 0.29) is 29.4 Å². The molecule has 0 fully saturated rings. The zero-order valence-electron chi connectivity index (χ0n) is 11.9. The first-order valence-corrected chi connectivity index (χ1v) is 6.53. The van der Waals surface area contributed by atoms with E-state index in [2.05, 4.69) is 4.99 Å². The molecule has 7 heteroatoms. The van der Waals surface area contributed by atoms with Crippen LogP contribution in [-0.2, 0) is 10.3 Å². The van der Waals surface area contributed by atoms with Crippen molar-refractivity contribution < 1.29 is 14.0 Å². The second kappa shape index (κ2) is 5.16. The number of amidine groups is 1. The van der Waals surface area contributed by atoms with Crippen LogP contribution < -0.4 is 11.5 Å². The van der Waals surface area contributed by atoms with E-state index in [1.165, 1.54) is 23.1 Å². The minimum atomic E-state index is -1.05. The summed E-state index contributed by atoms with van der Waals surface area (Å²) < 4.78 is 14.2. The Morgan fingerprint density at radius 3 is 2.76 bits per heavy atom. The number of primary amides is 1. The second-order valence-corrected chi connectivity index (χ2v) is 5.15. The Hall–Kier alpha value is -2.44. The van der Waals surface area contributed by atoms with Crippen molar-refractivity contribution in [2.24, 2.45) is 16.5 Å². The Kier molecular flexibility index (Phi) is 3.67. The van der Waals surface area contributed by atoms with Crippen molar-refractivity contribution in [2.45, 2.75) is 19.4 Å². The molecule has 1 atom stereocenters. The van der Waals surface area contributed by atoms with Gasteiger partial charge in [0.25, 0.3) is 5.91 Å². The van der Waals surface area contributed by atoms with Gasteiger partial charge in [0.2, 0.25) is 5.91 Å². The first kappa shape index (κ1) is 15.0. The average Bonchev–Trinajstić information content (AvgIpc) is 2.43. The predicted octanol–water partition coefficient (Wildman–Crippen LogP) is 0.359. The fourth-order valence-corrected chi connectivity index (χ4v) is 2.45. The topological polar surface area (TPSA) is 102 Å². The number of nitrogens with two attached hydrogens (primary N) is 2. The summed E-state index contributed by atoms with van der Waals surface area (Å²) in [5, 5.41) is 0. The lowest BCUT2D eigenvalue weighted by Crippen LogP contribution is -2.52. The summed E-state index contributed by atoms with van der Waals surface area (Å²) >= 11 is 0. The quantitative estimate of drug-likeness (QED) is 0.840. The third kappa shape index (κ3) is 2.58. The highest BCUT2D eigenvalue weighted by Gasteiger charge is 2.38. The maximum Gasteiger partial charge on any atom is 0.288 e. The van der Waals surface area contributed by atoms with Gasteiger partial charge in [-0.25, -0.2) is 4.39 Å². The SMILES string of the molecule is CCN1CC(C)(c2cc(C(N)=O)ccc2F)N=C(N)C1=O. The van der Waals surface area contributed by atoms with Gasteiger partial charge >= 0.3 is 0 Å². The van der Waals surface area contributed by atoms with Gasteiger partial charge in [-0.3, -0.25) is 14.6 Å². The molecule has 0 saturated carbocycles. The fraction of sp³-hybridized carbons (Fsp3) is 0.357. The zero-order valence-corrected chi connectivity index (χ0v) is 11.9. The molecule has 21 heavy (non-hydrogen) atoms. The molecule has 2 rings (SSSR count). The number of hydrogen-bond donors (Lipinski definition) is 2. The molecule has 0 bridgehead atoms. The third-order valence-electron chi connectivity index (χ3n) is 3.59. The Morgan fingerprint density at radius 2 is 2.19 bits per heavy atom. The number of halogens is 1. The summed E-state index contributed by atoms with van der Waals surface area (Å²) in [6.45, 7) is 4.08. The average molecular weight is 292 g/mol. The van der Waals surface area contributed by atoms with Crippen LogP contribution in [0.3, 0.4) is 0 Å². The minimum Gasteiger partial charge on any atom is -0.379 e. The molecule has 1 aromatic rings. The molecule has 0 aliphatic carbocycles. The van der Waals surface area contributed by atoms with Crippen LogP contribution in [0.2, 0.25) is 0 Å². The molecule has 0 saturated heterocycles. The van der Waals surface area contributed by atoms with Crippen molar-refractivity contribution in [3.05, 3.63) is 35.1 Å². The summed E-state index contributed by atoms with van der Waals surface area (Å²) in [7, 11) is 0. The number of likely N-dealkylation sites (N-methyl/N-ethyl adjacent to an activating group) is 1. The van der Waals surface area contributed by atoms with Crippen molar-refractivity contribution in [2.75, 3.05) is 13.1 Å². The predicted molar refractivity (Wildman–Crippen MR) is 76.1 cm³/mol. The van der Waals surface area contributed by atoms with Crippen LogP contribution in [0.15, 0.2) is 23.2 Å². The van der Waals surface area contributed by atoms with Crippen molar-refractivity contribution >= 4 is 17.6 Å². The lowest BCUT2D eigenvalue weighted by Gasteiger charge is -2.37. The van der Waals surface area contributed by atoms with Crippen LogP contribution in [0, 0.1) is 5.82 Å². The van der Waals surface area contributed by atoms with Crippen LogP contribution >= 0.6 is 0 Å². The highest BCUT2D eigenvalue weighted by Crippen LogP contribution is 2.32. The van der Waals surface area contributed by atoms with Crippen molar-refractivity contribution in [3.63, 3.8) is 0 Å². The van der Waals surface area contributed by atoms with Gasteiger partial charge in [-0.15, -0.1) is 0 Å². The van der Waals surface area contributed by atoms with E-state index < -0.39 is 17.3 Å². The van der Waals surface area contributed by atoms with Gasteiger partial charge in [-0.05, 0) is 32.0 Å². The first-order valence-electron chi connectivity index (χ1n) is 6.53. The summed E-state index contributed by atoms with van der Waals surface area (Å²) in [4.78, 5) is 28.7. The molecule has 4 N–H and O–H groups in total. The van der Waals surface area contributed by atoms with E-state index in [0.717, 1.165) is 0 Å². The van der Waals surface area contributed by atoms with Gasteiger partial charge in [-0.1, -0.05) is 0 Å². The number of hydrogen-bond acceptors (Lipinski definition) is 4. The molecule has 1 aliphatic rings. The van der Waals surface area contributed by atoms with Gasteiger partial charge in [0.1, 0.15) is 11.4 Å². The van der Waals surface area contributed by atoms with Crippen LogP contribution in [0.4, 0.5) is 4.39 Å². The fourth-order valence-electron chi connectivity index (χ4n) is 2.45. The Balaban J connectivity index is 2.56. The number of benzene rings is 1. The Bertz CT molecular complexity index is 644. The van der Waals surface area contributed by atoms with E-state index in [1.54, 1.807) is 13.8 Å². The second-order valence-electron chi connectivity index (χ2n) is 5.15. The highest BCUT2D eigenvalue weighted by molar-refractivity contribution is 6.37. The lowest BCUT2D eigenvalue weighted by atomic mass is 9.88. The van der Waals surface area contributed by atoms with Gasteiger partial charge in [0.05, 0.1) is 6.54 Å². The molecular formula is C14H17FN4O2. The number of amides is 2. The Labute approximate surface area is 121 Å². The molecule has 0 aromatic heterocycles. The number of carbonyl (C=O) groups is 2. The highest BCUT2D eigenvalue weighted by atomic mass is 19.1. The summed E-state index contributed by atoms with van der Waals surface area (Å²) in [5.41, 5.74) is 10.2. The number of nitrogens with zero attached hydrogens (tertiary/aromatic N) is 2. The maximum absolute atomic E-state index is 14.2. The van der Waals surface area contributed by atoms with Crippen molar-refractivity contribution in [3.8, 4) is 0 Å². The van der Waals surface area contributed by atoms with E-state index >= 15 is 0 Å². The van der Waals surface area contributed by atoms with Gasteiger partial charge in [0, 0.05) is 17.7 Å². The number of rotatable bonds is 3. The van der Waals surface area contributed by atoms with Crippen LogP contribution in [0.1, 0.15) is 29.8 Å². The van der Waals surface area contributed by atoms with E-state index in [0.29, 0.717) is 6.54 Å². The van der Waals surface area contributed by atoms with Gasteiger partial charge < -0.3 is 16.4 Å². The number of carbonyl (C=O) groups excluding carboxylic acids is 2. The third-order valence-corrected chi connectivity index (χ3v) is 3.59. The molecule has 1 unspecified atom stereocenters. The van der Waals surface area contributed by atoms with Crippen LogP contribution in [0.5, 0.6) is 0 Å². The molecular weight excluding hydrogens is 275 g/mol. The zero-order chi connectivity index (χ0) is 15.8. The van der Waals surface area contributed by atoms with Crippen molar-refractivity contribution in [1.29, 1.82) is 0 Å². The molecule has 1 aliphatic heterocycles. The molecule has 2 amide bonds. The van der Waals surface area contributed by atoms with Crippen LogP contribution in [-0.4, -0.2) is 35.6 Å². The van der Waals surface area contributed by atoms with E-state index in [4.69, 9.17) is 11.5 Å². The molecule has 0 spiro atoms. The van der Waals surface area contributed by atoms with E-state index in [9.17, 15) is 14.0 Å². The number of aliphatic imine (C=N–C) groups is 1. The first-order chi connectivity index (χ1) is 9.78. The summed E-state index contributed by atoms with van der Waals surface area (Å²) in [5.74, 6) is -1.73. The Morgan fingerprint density at radius 1 is 1.52 bits per heavy atom. The molecule has 112 valence electrons. The molecule has 6 nitrogen and oxygen atoms in total. The van der Waals surface area contributed by atoms with Crippen LogP contribution in [0.25, 0.3) is 0 Å². The van der Waals surface area contributed by atoms with Gasteiger partial charge in [-0.2, -0.15) is 0 Å². The minimum absolute atomic E-state index is 0.172. The normalized spacial score (nSPS) is 22.1. The summed E-state index contributed by atoms with van der Waals surface area (Å²) in [6, 6.07) is 3.83. The van der Waals surface area contributed by atoms with Crippen molar-refractivity contribution in [1.82, 2.24) is 4.90 Å². The lowest BCUT2D eigenvalue weighted by molar-refractivity contribution is -0.125. The largest absolute Gasteiger partial charge is 0.379 e. The van der Waals surface area contributed by atoms with E-state index in [1.807, 2.05) is 0 Å². The maximum atomic E-state index is 14.2. The smallest absolute Gasteiger partial charge is 0.288 e. The molecule has 1 heterocycles. The monoisotopic (exact) mass is 292 g/mol. The summed E-state index contributed by atoms with van der Waals surface area (Å²) in [6.07, 6.45) is 0.